The van der Waals surface area contributed by atoms with Gasteiger partial charge in [-0.05, 0) is 104 Å². The molecule has 0 radical (unpaired) electrons. The first-order valence-electron chi connectivity index (χ1n) is 13.4. The first-order valence-corrected chi connectivity index (χ1v) is 15.0. The number of aliphatic hydroxyl groups is 2. The number of carbonyl (C=O) groups is 1. The summed E-state index contributed by atoms with van der Waals surface area (Å²) in [4.78, 5) is 12.2. The Balaban J connectivity index is 1.39. The molecule has 10 atom stereocenters. The normalized spacial score (nSPS) is 45.1. The lowest BCUT2D eigenvalue weighted by Crippen LogP contribution is -2.58. The summed E-state index contributed by atoms with van der Waals surface area (Å²) in [5.41, 5.74) is 0.411. The van der Waals surface area contributed by atoms with E-state index < -0.39 is 15.9 Å². The number of hydrogen-bond donors (Lipinski definition) is 4. The van der Waals surface area contributed by atoms with Gasteiger partial charge in [-0.3, -0.25) is 9.35 Å². The van der Waals surface area contributed by atoms with Gasteiger partial charge in [-0.25, -0.2) is 0 Å². The zero-order valence-corrected chi connectivity index (χ0v) is 21.9. The van der Waals surface area contributed by atoms with Gasteiger partial charge in [0.05, 0.1) is 18.0 Å². The highest BCUT2D eigenvalue weighted by molar-refractivity contribution is 7.85. The summed E-state index contributed by atoms with van der Waals surface area (Å²) in [6, 6.07) is 0. The second-order valence-corrected chi connectivity index (χ2v) is 14.2. The van der Waals surface area contributed by atoms with Crippen LogP contribution in [0.3, 0.4) is 0 Å². The third-order valence-electron chi connectivity index (χ3n) is 10.9. The summed E-state index contributed by atoms with van der Waals surface area (Å²) in [6.07, 6.45) is 8.87. The van der Waals surface area contributed by atoms with Gasteiger partial charge in [0, 0.05) is 13.0 Å². The first kappa shape index (κ1) is 26.4. The van der Waals surface area contributed by atoms with Crippen LogP contribution in [0.5, 0.6) is 0 Å². The molecule has 1 amide bonds. The topological polar surface area (TPSA) is 124 Å². The molecule has 1 unspecified atom stereocenters. The van der Waals surface area contributed by atoms with E-state index in [1.807, 2.05) is 0 Å². The van der Waals surface area contributed by atoms with E-state index in [2.05, 4.69) is 26.1 Å². The van der Waals surface area contributed by atoms with E-state index in [1.165, 1.54) is 6.42 Å². The predicted octanol–water partition coefficient (Wildman–Crippen LogP) is 3.40. The van der Waals surface area contributed by atoms with E-state index in [9.17, 15) is 23.4 Å². The van der Waals surface area contributed by atoms with Crippen molar-refractivity contribution < 1.29 is 28.0 Å². The second-order valence-electron chi connectivity index (χ2n) is 12.6. The van der Waals surface area contributed by atoms with Crippen molar-refractivity contribution in [2.24, 2.45) is 46.3 Å². The molecule has 0 spiro atoms. The molecule has 0 aromatic rings. The number of amides is 1. The van der Waals surface area contributed by atoms with Gasteiger partial charge in [0.2, 0.25) is 5.91 Å². The fourth-order valence-corrected chi connectivity index (χ4v) is 9.50. The van der Waals surface area contributed by atoms with Crippen molar-refractivity contribution in [3.05, 3.63) is 0 Å². The number of carbonyl (C=O) groups excluding carboxylic acids is 1. The lowest BCUT2D eigenvalue weighted by atomic mass is 9.43. The average molecular weight is 500 g/mol. The van der Waals surface area contributed by atoms with Gasteiger partial charge >= 0.3 is 0 Å². The smallest absolute Gasteiger partial charge is 0.266 e. The maximum atomic E-state index is 12.2. The van der Waals surface area contributed by atoms with Gasteiger partial charge in [0.1, 0.15) is 0 Å². The van der Waals surface area contributed by atoms with Crippen LogP contribution in [0, 0.1) is 46.3 Å². The highest BCUT2D eigenvalue weighted by Gasteiger charge is 2.62. The van der Waals surface area contributed by atoms with Gasteiger partial charge in [0.15, 0.2) is 0 Å². The molecule has 8 heteroatoms. The number of hydrogen-bond acceptors (Lipinski definition) is 5. The monoisotopic (exact) mass is 499 g/mol. The molecule has 4 saturated carbocycles. The molecular formula is C26H45NO6S. The molecule has 0 bridgehead atoms. The van der Waals surface area contributed by atoms with E-state index in [-0.39, 0.29) is 35.5 Å². The molecular weight excluding hydrogens is 454 g/mol. The molecule has 4 aliphatic carbocycles. The van der Waals surface area contributed by atoms with Crippen LogP contribution in [0.1, 0.15) is 85.0 Å². The van der Waals surface area contributed by atoms with Crippen LogP contribution < -0.4 is 5.32 Å². The summed E-state index contributed by atoms with van der Waals surface area (Å²) in [6.45, 7) is 7.05. The van der Waals surface area contributed by atoms with Crippen molar-refractivity contribution in [2.75, 3.05) is 12.3 Å². The minimum Gasteiger partial charge on any atom is -0.393 e. The van der Waals surface area contributed by atoms with E-state index in [1.54, 1.807) is 0 Å². The summed E-state index contributed by atoms with van der Waals surface area (Å²) in [5.74, 6) is 2.10. The Morgan fingerprint density at radius 3 is 2.41 bits per heavy atom. The van der Waals surface area contributed by atoms with Crippen molar-refractivity contribution in [3.8, 4) is 0 Å². The third-order valence-corrected chi connectivity index (χ3v) is 11.6. The molecule has 0 heterocycles. The lowest BCUT2D eigenvalue weighted by Gasteiger charge is -2.62. The molecule has 34 heavy (non-hydrogen) atoms. The SMILES string of the molecule is C[C@H](CCC(=O)NCCS(=O)(=O)O)[C@H]1CC[C@H]2C3[C@@H](O)C[C@@H]4C[C@H](O)CC[C@]4(C)[C@H]3CC[C@]12C. The lowest BCUT2D eigenvalue weighted by molar-refractivity contribution is -0.174. The largest absolute Gasteiger partial charge is 0.393 e. The summed E-state index contributed by atoms with van der Waals surface area (Å²) < 4.78 is 30.5. The Kier molecular flexibility index (Phi) is 7.47. The van der Waals surface area contributed by atoms with Gasteiger partial charge in [-0.1, -0.05) is 20.8 Å². The molecule has 0 aliphatic heterocycles. The van der Waals surface area contributed by atoms with Crippen LogP contribution in [0.15, 0.2) is 0 Å². The molecule has 7 nitrogen and oxygen atoms in total. The van der Waals surface area contributed by atoms with Gasteiger partial charge in [-0.2, -0.15) is 8.42 Å². The molecule has 196 valence electrons. The molecule has 0 saturated heterocycles. The zero-order chi connectivity index (χ0) is 24.9. The van der Waals surface area contributed by atoms with E-state index >= 15 is 0 Å². The Hall–Kier alpha value is -0.700. The highest BCUT2D eigenvalue weighted by Crippen LogP contribution is 2.68. The highest BCUT2D eigenvalue weighted by atomic mass is 32.2. The fraction of sp³-hybridized carbons (Fsp3) is 0.962. The van der Waals surface area contributed by atoms with Crippen molar-refractivity contribution in [3.63, 3.8) is 0 Å². The molecule has 4 N–H and O–H groups in total. The van der Waals surface area contributed by atoms with Crippen LogP contribution in [-0.4, -0.2) is 53.6 Å². The molecule has 4 aliphatic rings. The van der Waals surface area contributed by atoms with Gasteiger partial charge in [-0.15, -0.1) is 0 Å². The Bertz CT molecular complexity index is 863. The second kappa shape index (κ2) is 9.64. The van der Waals surface area contributed by atoms with Crippen molar-refractivity contribution in [1.29, 1.82) is 0 Å². The summed E-state index contributed by atoms with van der Waals surface area (Å²) in [5, 5.41) is 24.2. The number of fused-ring (bicyclic) bond motifs is 5. The van der Waals surface area contributed by atoms with Crippen LogP contribution in [0.25, 0.3) is 0 Å². The van der Waals surface area contributed by atoms with Gasteiger partial charge in [0.25, 0.3) is 10.1 Å². The molecule has 4 fully saturated rings. The van der Waals surface area contributed by atoms with E-state index in [0.717, 1.165) is 51.4 Å². The minimum absolute atomic E-state index is 0.0625. The quantitative estimate of drug-likeness (QED) is 0.398. The third kappa shape index (κ3) is 4.94. The van der Waals surface area contributed by atoms with Crippen molar-refractivity contribution in [1.82, 2.24) is 5.32 Å². The first-order chi connectivity index (χ1) is 15.8. The van der Waals surface area contributed by atoms with E-state index in [0.29, 0.717) is 41.9 Å². The molecule has 0 aromatic heterocycles. The predicted molar refractivity (Wildman–Crippen MR) is 130 cm³/mol. The Morgan fingerprint density at radius 1 is 1.03 bits per heavy atom. The van der Waals surface area contributed by atoms with Crippen LogP contribution in [-0.2, 0) is 14.9 Å². The average Bonchev–Trinajstić information content (AvgIpc) is 3.09. The molecule has 4 rings (SSSR count). The van der Waals surface area contributed by atoms with Gasteiger partial charge < -0.3 is 15.5 Å². The number of rotatable bonds is 7. The maximum Gasteiger partial charge on any atom is 0.266 e. The minimum atomic E-state index is -4.06. The molecule has 0 aromatic carbocycles. The van der Waals surface area contributed by atoms with Crippen molar-refractivity contribution in [2.45, 2.75) is 97.2 Å². The van der Waals surface area contributed by atoms with E-state index in [4.69, 9.17) is 4.55 Å². The fourth-order valence-electron chi connectivity index (χ4n) is 9.14. The van der Waals surface area contributed by atoms with Crippen LogP contribution >= 0.6 is 0 Å². The maximum absolute atomic E-state index is 12.2. The Morgan fingerprint density at radius 2 is 1.71 bits per heavy atom. The zero-order valence-electron chi connectivity index (χ0n) is 21.1. The van der Waals surface area contributed by atoms with Crippen LogP contribution in [0.2, 0.25) is 0 Å². The Labute approximate surface area is 205 Å². The van der Waals surface area contributed by atoms with Crippen LogP contribution in [0.4, 0.5) is 0 Å². The summed E-state index contributed by atoms with van der Waals surface area (Å²) in [7, 11) is -4.06. The summed E-state index contributed by atoms with van der Waals surface area (Å²) >= 11 is 0. The standard InChI is InChI=1S/C26H45NO6S/c1-16(4-7-23(30)27-12-13-34(31,32)33)19-5-6-20-24-21(9-11-26(19,20)3)25(2)10-8-18(28)14-17(25)15-22(24)29/h16-22,24,28-29H,4-15H2,1-3H3,(H,27,30)(H,31,32,33)/t16-,17+,18-,19-,20+,21+,22+,24?,25+,26-/m1/s1. The number of aliphatic hydroxyl groups excluding tert-OH is 2. The van der Waals surface area contributed by atoms with Crippen molar-refractivity contribution >= 4 is 16.0 Å². The number of nitrogens with one attached hydrogen (secondary N) is 1.